The zero-order valence-electron chi connectivity index (χ0n) is 8.59. The molecule has 5 nitrogen and oxygen atoms in total. The quantitative estimate of drug-likeness (QED) is 0.713. The highest BCUT2D eigenvalue weighted by molar-refractivity contribution is 6.42. The molecule has 0 aliphatic carbocycles. The first-order valence-electron chi connectivity index (χ1n) is 4.87. The lowest BCUT2D eigenvalue weighted by molar-refractivity contribution is -0.114. The molecule has 1 heterocycles. The Hall–Kier alpha value is -2.17. The number of hydrogen-bond acceptors (Lipinski definition) is 4. The first kappa shape index (κ1) is 10.4. The van der Waals surface area contributed by atoms with E-state index in [1.54, 1.807) is 6.07 Å². The number of aldehydes is 1. The van der Waals surface area contributed by atoms with Crippen LogP contribution >= 0.6 is 0 Å². The third kappa shape index (κ3) is 1.67. The van der Waals surface area contributed by atoms with Gasteiger partial charge in [-0.1, -0.05) is 18.2 Å². The Morgan fingerprint density at radius 3 is 2.94 bits per heavy atom. The maximum atomic E-state index is 11.8. The number of nitrogens with zero attached hydrogens (tertiary/aromatic N) is 2. The molecule has 0 bridgehead atoms. The van der Waals surface area contributed by atoms with Crippen molar-refractivity contribution in [3.8, 4) is 0 Å². The van der Waals surface area contributed by atoms with Crippen LogP contribution in [0.3, 0.4) is 0 Å². The molecular formula is C11H11N3O2. The molecule has 0 radical (unpaired) electrons. The summed E-state index contributed by atoms with van der Waals surface area (Å²) in [6.45, 7) is 0.356. The molecule has 2 rings (SSSR count). The minimum Gasteiger partial charge on any atom is -0.379 e. The number of nitrogens with two attached hydrogens (primary N) is 1. The van der Waals surface area contributed by atoms with Crippen LogP contribution < -0.4 is 10.6 Å². The van der Waals surface area contributed by atoms with Crippen molar-refractivity contribution in [3.63, 3.8) is 0 Å². The van der Waals surface area contributed by atoms with Gasteiger partial charge in [0.1, 0.15) is 6.29 Å². The summed E-state index contributed by atoms with van der Waals surface area (Å²) >= 11 is 0. The van der Waals surface area contributed by atoms with Gasteiger partial charge in [-0.3, -0.25) is 14.7 Å². The van der Waals surface area contributed by atoms with E-state index in [-0.39, 0.29) is 12.4 Å². The van der Waals surface area contributed by atoms with Crippen molar-refractivity contribution in [1.82, 2.24) is 0 Å². The molecule has 0 fully saturated rings. The SMILES string of the molecule is NC1=NCc2ccccc2N(CC=O)C1=O. The summed E-state index contributed by atoms with van der Waals surface area (Å²) in [4.78, 5) is 27.7. The second-order valence-electron chi connectivity index (χ2n) is 3.41. The fourth-order valence-electron chi connectivity index (χ4n) is 1.65. The van der Waals surface area contributed by atoms with Crippen LogP contribution in [0.5, 0.6) is 0 Å². The van der Waals surface area contributed by atoms with Gasteiger partial charge in [-0.2, -0.15) is 0 Å². The number of carbonyl (C=O) groups is 2. The predicted octanol–water partition coefficient (Wildman–Crippen LogP) is 0.0893. The number of aliphatic imine (C=N–C) groups is 1. The molecule has 2 N–H and O–H groups in total. The number of amidine groups is 1. The van der Waals surface area contributed by atoms with Gasteiger partial charge >= 0.3 is 0 Å². The van der Waals surface area contributed by atoms with Crippen molar-refractivity contribution in [2.75, 3.05) is 11.4 Å². The fourth-order valence-corrected chi connectivity index (χ4v) is 1.65. The van der Waals surface area contributed by atoms with E-state index in [1.807, 2.05) is 18.2 Å². The van der Waals surface area contributed by atoms with E-state index < -0.39 is 5.91 Å². The lowest BCUT2D eigenvalue weighted by atomic mass is 10.1. The molecule has 1 aliphatic heterocycles. The van der Waals surface area contributed by atoms with Gasteiger partial charge in [0.2, 0.25) is 0 Å². The lowest BCUT2D eigenvalue weighted by Gasteiger charge is -2.19. The van der Waals surface area contributed by atoms with Gasteiger partial charge in [0.25, 0.3) is 5.91 Å². The average Bonchev–Trinajstić information content (AvgIpc) is 2.42. The molecule has 1 aliphatic rings. The average molecular weight is 217 g/mol. The minimum atomic E-state index is -0.419. The number of carbonyl (C=O) groups excluding carboxylic acids is 2. The fraction of sp³-hybridized carbons (Fsp3) is 0.182. The van der Waals surface area contributed by atoms with Crippen molar-refractivity contribution >= 4 is 23.7 Å². The van der Waals surface area contributed by atoms with E-state index in [2.05, 4.69) is 4.99 Å². The molecular weight excluding hydrogens is 206 g/mol. The number of hydrogen-bond donors (Lipinski definition) is 1. The molecule has 0 aromatic heterocycles. The molecule has 1 aromatic rings. The second kappa shape index (κ2) is 4.14. The Morgan fingerprint density at radius 1 is 1.44 bits per heavy atom. The number of amides is 1. The van der Waals surface area contributed by atoms with E-state index >= 15 is 0 Å². The van der Waals surface area contributed by atoms with Crippen LogP contribution in [0.2, 0.25) is 0 Å². The molecule has 82 valence electrons. The van der Waals surface area contributed by atoms with E-state index in [0.29, 0.717) is 18.5 Å². The van der Waals surface area contributed by atoms with Gasteiger partial charge in [-0.25, -0.2) is 0 Å². The standard InChI is InChI=1S/C11H11N3O2/c12-10-11(16)14(5-6-15)9-4-2-1-3-8(9)7-13-10/h1-4,6H,5,7H2,(H2,12,13). The summed E-state index contributed by atoms with van der Waals surface area (Å²) in [7, 11) is 0. The summed E-state index contributed by atoms with van der Waals surface area (Å²) in [5.74, 6) is -0.477. The number of benzene rings is 1. The first-order chi connectivity index (χ1) is 7.74. The highest BCUT2D eigenvalue weighted by atomic mass is 16.2. The van der Waals surface area contributed by atoms with Crippen molar-refractivity contribution in [2.45, 2.75) is 6.54 Å². The largest absolute Gasteiger partial charge is 0.379 e. The maximum Gasteiger partial charge on any atom is 0.293 e. The number of anilines is 1. The number of para-hydroxylation sites is 1. The van der Waals surface area contributed by atoms with Crippen LogP contribution in [-0.4, -0.2) is 24.6 Å². The summed E-state index contributed by atoms with van der Waals surface area (Å²) in [5, 5.41) is 0. The van der Waals surface area contributed by atoms with Crippen LogP contribution in [-0.2, 0) is 16.1 Å². The first-order valence-corrected chi connectivity index (χ1v) is 4.87. The molecule has 5 heteroatoms. The molecule has 1 aromatic carbocycles. The van der Waals surface area contributed by atoms with Crippen LogP contribution in [0.25, 0.3) is 0 Å². The van der Waals surface area contributed by atoms with Crippen LogP contribution in [0.1, 0.15) is 5.56 Å². The van der Waals surface area contributed by atoms with E-state index in [4.69, 9.17) is 5.73 Å². The molecule has 0 spiro atoms. The van der Waals surface area contributed by atoms with E-state index in [9.17, 15) is 9.59 Å². The van der Waals surface area contributed by atoms with Gasteiger partial charge in [0.05, 0.1) is 13.1 Å². The third-order valence-electron chi connectivity index (χ3n) is 2.42. The molecule has 1 amide bonds. The summed E-state index contributed by atoms with van der Waals surface area (Å²) in [5.41, 5.74) is 7.11. The van der Waals surface area contributed by atoms with Crippen molar-refractivity contribution < 1.29 is 9.59 Å². The van der Waals surface area contributed by atoms with Gasteiger partial charge in [0.15, 0.2) is 5.84 Å². The van der Waals surface area contributed by atoms with Crippen molar-refractivity contribution in [2.24, 2.45) is 10.7 Å². The highest BCUT2D eigenvalue weighted by Gasteiger charge is 2.23. The minimum absolute atomic E-state index is 0.00787. The molecule has 0 atom stereocenters. The Balaban J connectivity index is 2.51. The van der Waals surface area contributed by atoms with E-state index in [0.717, 1.165) is 5.56 Å². The van der Waals surface area contributed by atoms with Gasteiger partial charge < -0.3 is 10.5 Å². The normalized spacial score (nSPS) is 15.1. The second-order valence-corrected chi connectivity index (χ2v) is 3.41. The Bertz CT molecular complexity index is 468. The Morgan fingerprint density at radius 2 is 2.19 bits per heavy atom. The van der Waals surface area contributed by atoms with Crippen molar-refractivity contribution in [1.29, 1.82) is 0 Å². The van der Waals surface area contributed by atoms with Crippen LogP contribution in [0.4, 0.5) is 5.69 Å². The van der Waals surface area contributed by atoms with Gasteiger partial charge in [-0.15, -0.1) is 0 Å². The third-order valence-corrected chi connectivity index (χ3v) is 2.42. The number of rotatable bonds is 2. The number of fused-ring (bicyclic) bond motifs is 1. The topological polar surface area (TPSA) is 75.8 Å². The molecule has 0 unspecified atom stereocenters. The zero-order valence-corrected chi connectivity index (χ0v) is 8.59. The smallest absolute Gasteiger partial charge is 0.293 e. The summed E-state index contributed by atoms with van der Waals surface area (Å²) in [6, 6.07) is 7.32. The van der Waals surface area contributed by atoms with Crippen molar-refractivity contribution in [3.05, 3.63) is 29.8 Å². The van der Waals surface area contributed by atoms with E-state index in [1.165, 1.54) is 4.90 Å². The maximum absolute atomic E-state index is 11.8. The van der Waals surface area contributed by atoms with Crippen LogP contribution in [0.15, 0.2) is 29.3 Å². The Labute approximate surface area is 92.6 Å². The highest BCUT2D eigenvalue weighted by Crippen LogP contribution is 2.23. The van der Waals surface area contributed by atoms with Gasteiger partial charge in [0, 0.05) is 5.69 Å². The lowest BCUT2D eigenvalue weighted by Crippen LogP contribution is -2.41. The van der Waals surface area contributed by atoms with Gasteiger partial charge in [-0.05, 0) is 11.6 Å². The summed E-state index contributed by atoms with van der Waals surface area (Å²) in [6.07, 6.45) is 0.674. The monoisotopic (exact) mass is 217 g/mol. The molecule has 0 saturated carbocycles. The molecule has 0 saturated heterocycles. The summed E-state index contributed by atoms with van der Waals surface area (Å²) < 4.78 is 0. The Kier molecular flexibility index (Phi) is 2.68. The zero-order chi connectivity index (χ0) is 11.5. The van der Waals surface area contributed by atoms with Crippen LogP contribution in [0, 0.1) is 0 Å². The predicted molar refractivity (Wildman–Crippen MR) is 60.2 cm³/mol. The molecule has 16 heavy (non-hydrogen) atoms.